The highest BCUT2D eigenvalue weighted by Gasteiger charge is 2.13. The number of aromatic nitrogens is 1. The molecule has 28 heavy (non-hydrogen) atoms. The van der Waals surface area contributed by atoms with E-state index in [0.29, 0.717) is 16.8 Å². The summed E-state index contributed by atoms with van der Waals surface area (Å²) in [5, 5.41) is 4.69. The number of hydrogen-bond acceptors (Lipinski definition) is 3. The van der Waals surface area contributed by atoms with Gasteiger partial charge in [0.1, 0.15) is 5.82 Å². The summed E-state index contributed by atoms with van der Waals surface area (Å²) in [5.41, 5.74) is 5.90. The maximum Gasteiger partial charge on any atom is 0.272 e. The topological polar surface area (TPSA) is 54.4 Å². The Morgan fingerprint density at radius 2 is 1.71 bits per heavy atom. The number of fused-ring (bicyclic) bond motifs is 1. The number of pyridine rings is 1. The number of nitrogens with one attached hydrogen (secondary N) is 1. The largest absolute Gasteiger partial charge is 0.272 e. The Hall–Kier alpha value is -3.86. The fourth-order valence-electron chi connectivity index (χ4n) is 2.93. The Morgan fingerprint density at radius 3 is 2.54 bits per heavy atom. The minimum Gasteiger partial charge on any atom is -0.267 e. The van der Waals surface area contributed by atoms with Crippen LogP contribution < -0.4 is 5.43 Å². The molecule has 0 saturated carbocycles. The molecule has 0 unspecified atom stereocenters. The molecule has 136 valence electrons. The van der Waals surface area contributed by atoms with Crippen LogP contribution in [0.5, 0.6) is 0 Å². The molecule has 0 aliphatic rings. The molecule has 4 aromatic rings. The number of para-hydroxylation sites is 1. The van der Waals surface area contributed by atoms with E-state index in [9.17, 15) is 9.18 Å². The number of hydrazone groups is 1. The van der Waals surface area contributed by atoms with Crippen LogP contribution in [0.25, 0.3) is 22.2 Å². The van der Waals surface area contributed by atoms with E-state index in [1.165, 1.54) is 18.3 Å². The summed E-state index contributed by atoms with van der Waals surface area (Å²) in [6, 6.07) is 24.9. The monoisotopic (exact) mass is 369 g/mol. The number of carbonyl (C=O) groups is 1. The minimum atomic E-state index is -0.358. The lowest BCUT2D eigenvalue weighted by molar-refractivity contribution is 0.0956. The van der Waals surface area contributed by atoms with Gasteiger partial charge in [-0.25, -0.2) is 14.8 Å². The van der Waals surface area contributed by atoms with Crippen LogP contribution in [-0.2, 0) is 0 Å². The first-order valence-electron chi connectivity index (χ1n) is 8.75. The van der Waals surface area contributed by atoms with Crippen LogP contribution in [0.4, 0.5) is 4.39 Å². The minimum absolute atomic E-state index is 0.358. The molecule has 4 rings (SSSR count). The first kappa shape index (κ1) is 17.5. The third kappa shape index (κ3) is 3.78. The van der Waals surface area contributed by atoms with Gasteiger partial charge in [-0.3, -0.25) is 4.79 Å². The van der Waals surface area contributed by atoms with Gasteiger partial charge < -0.3 is 0 Å². The molecule has 0 atom stereocenters. The van der Waals surface area contributed by atoms with Crippen LogP contribution >= 0.6 is 0 Å². The van der Waals surface area contributed by atoms with Gasteiger partial charge in [-0.1, -0.05) is 60.7 Å². The Kier molecular flexibility index (Phi) is 4.89. The van der Waals surface area contributed by atoms with Gasteiger partial charge in [0.2, 0.25) is 0 Å². The highest BCUT2D eigenvalue weighted by atomic mass is 19.1. The maximum atomic E-state index is 13.2. The molecule has 0 aliphatic carbocycles. The van der Waals surface area contributed by atoms with Gasteiger partial charge >= 0.3 is 0 Å². The summed E-state index contributed by atoms with van der Waals surface area (Å²) in [6.45, 7) is 0. The van der Waals surface area contributed by atoms with E-state index in [1.807, 2.05) is 54.6 Å². The summed E-state index contributed by atoms with van der Waals surface area (Å²) in [7, 11) is 0. The lowest BCUT2D eigenvalue weighted by Gasteiger charge is -2.09. The number of amides is 1. The zero-order valence-electron chi connectivity index (χ0n) is 14.8. The SMILES string of the molecule is O=C(N/N=C/c1cccc(F)c1)c1cc(-c2ccccc2)nc2ccccc12. The van der Waals surface area contributed by atoms with Crippen molar-refractivity contribution in [2.45, 2.75) is 0 Å². The lowest BCUT2D eigenvalue weighted by atomic mass is 10.0. The molecule has 1 amide bonds. The molecule has 1 heterocycles. The van der Waals surface area contributed by atoms with E-state index in [1.54, 1.807) is 18.2 Å². The van der Waals surface area contributed by atoms with Gasteiger partial charge in [-0.05, 0) is 29.8 Å². The zero-order chi connectivity index (χ0) is 19.3. The second-order valence-electron chi connectivity index (χ2n) is 6.19. The van der Waals surface area contributed by atoms with Gasteiger partial charge in [0.15, 0.2) is 0 Å². The molecule has 3 aromatic carbocycles. The van der Waals surface area contributed by atoms with Crippen molar-refractivity contribution >= 4 is 23.0 Å². The van der Waals surface area contributed by atoms with Crippen LogP contribution in [0.2, 0.25) is 0 Å². The zero-order valence-corrected chi connectivity index (χ0v) is 14.8. The van der Waals surface area contributed by atoms with Gasteiger partial charge in [-0.15, -0.1) is 0 Å². The van der Waals surface area contributed by atoms with Gasteiger partial charge in [0, 0.05) is 10.9 Å². The summed E-state index contributed by atoms with van der Waals surface area (Å²) in [5.74, 6) is -0.716. The van der Waals surface area contributed by atoms with Crippen molar-refractivity contribution in [3.8, 4) is 11.3 Å². The predicted octanol–water partition coefficient (Wildman–Crippen LogP) is 4.80. The molecule has 1 aromatic heterocycles. The van der Waals surface area contributed by atoms with Crippen molar-refractivity contribution in [1.29, 1.82) is 0 Å². The molecule has 0 bridgehead atoms. The number of benzene rings is 3. The van der Waals surface area contributed by atoms with Crippen LogP contribution in [0.3, 0.4) is 0 Å². The molecule has 0 radical (unpaired) electrons. The number of halogens is 1. The van der Waals surface area contributed by atoms with Crippen molar-refractivity contribution in [1.82, 2.24) is 10.4 Å². The van der Waals surface area contributed by atoms with E-state index < -0.39 is 0 Å². The third-order valence-electron chi connectivity index (χ3n) is 4.26. The molecule has 0 spiro atoms. The fraction of sp³-hybridized carbons (Fsp3) is 0. The fourth-order valence-corrected chi connectivity index (χ4v) is 2.93. The highest BCUT2D eigenvalue weighted by molar-refractivity contribution is 6.07. The Bertz CT molecular complexity index is 1170. The smallest absolute Gasteiger partial charge is 0.267 e. The van der Waals surface area contributed by atoms with Crippen LogP contribution in [-0.4, -0.2) is 17.1 Å². The Labute approximate surface area is 161 Å². The summed E-state index contributed by atoms with van der Waals surface area (Å²) in [6.07, 6.45) is 1.41. The van der Waals surface area contributed by atoms with E-state index >= 15 is 0 Å². The van der Waals surface area contributed by atoms with Crippen molar-refractivity contribution in [3.05, 3.63) is 102 Å². The normalized spacial score (nSPS) is 11.0. The van der Waals surface area contributed by atoms with Gasteiger partial charge in [-0.2, -0.15) is 5.10 Å². The predicted molar refractivity (Wildman–Crippen MR) is 109 cm³/mol. The second-order valence-corrected chi connectivity index (χ2v) is 6.19. The average Bonchev–Trinajstić information content (AvgIpc) is 2.73. The van der Waals surface area contributed by atoms with Crippen molar-refractivity contribution in [2.75, 3.05) is 0 Å². The molecular formula is C23H16FN3O. The molecule has 1 N–H and O–H groups in total. The van der Waals surface area contributed by atoms with Crippen LogP contribution in [0.15, 0.2) is 90.0 Å². The highest BCUT2D eigenvalue weighted by Crippen LogP contribution is 2.24. The van der Waals surface area contributed by atoms with E-state index in [2.05, 4.69) is 15.5 Å². The van der Waals surface area contributed by atoms with E-state index in [4.69, 9.17) is 0 Å². The van der Waals surface area contributed by atoms with Crippen molar-refractivity contribution in [3.63, 3.8) is 0 Å². The summed E-state index contributed by atoms with van der Waals surface area (Å²) < 4.78 is 13.2. The summed E-state index contributed by atoms with van der Waals surface area (Å²) in [4.78, 5) is 17.4. The Balaban J connectivity index is 1.67. The molecule has 0 fully saturated rings. The third-order valence-corrected chi connectivity index (χ3v) is 4.26. The molecule has 0 saturated heterocycles. The lowest BCUT2D eigenvalue weighted by Crippen LogP contribution is -2.18. The van der Waals surface area contributed by atoms with Crippen LogP contribution in [0, 0.1) is 5.82 Å². The summed E-state index contributed by atoms with van der Waals surface area (Å²) >= 11 is 0. The number of carbonyl (C=O) groups excluding carboxylic acids is 1. The molecular weight excluding hydrogens is 353 g/mol. The standard InChI is InChI=1S/C23H16FN3O/c24-18-10-6-7-16(13-18)15-25-27-23(28)20-14-22(17-8-2-1-3-9-17)26-21-12-5-4-11-19(20)21/h1-15H,(H,27,28)/b25-15+. The Morgan fingerprint density at radius 1 is 0.929 bits per heavy atom. The van der Waals surface area contributed by atoms with Gasteiger partial charge in [0.05, 0.1) is 23.0 Å². The molecule has 4 nitrogen and oxygen atoms in total. The number of hydrogen-bond donors (Lipinski definition) is 1. The molecule has 0 aliphatic heterocycles. The second kappa shape index (κ2) is 7.80. The van der Waals surface area contributed by atoms with Gasteiger partial charge in [0.25, 0.3) is 5.91 Å². The van der Waals surface area contributed by atoms with E-state index in [0.717, 1.165) is 16.5 Å². The van der Waals surface area contributed by atoms with Crippen molar-refractivity contribution in [2.24, 2.45) is 5.10 Å². The average molecular weight is 369 g/mol. The number of nitrogens with zero attached hydrogens (tertiary/aromatic N) is 2. The first-order chi connectivity index (χ1) is 13.7. The first-order valence-corrected chi connectivity index (χ1v) is 8.75. The quantitative estimate of drug-likeness (QED) is 0.415. The van der Waals surface area contributed by atoms with Crippen LogP contribution in [0.1, 0.15) is 15.9 Å². The van der Waals surface area contributed by atoms with E-state index in [-0.39, 0.29) is 11.7 Å². The number of rotatable bonds is 4. The van der Waals surface area contributed by atoms with Crippen molar-refractivity contribution < 1.29 is 9.18 Å². The molecule has 5 heteroatoms. The maximum absolute atomic E-state index is 13.2.